The van der Waals surface area contributed by atoms with Crippen LogP contribution in [0.4, 0.5) is 13.2 Å². The van der Waals surface area contributed by atoms with E-state index in [9.17, 15) is 13.2 Å². The lowest BCUT2D eigenvalue weighted by molar-refractivity contribution is -0.159. The maximum Gasteiger partial charge on any atom is 0.471 e. The Bertz CT molecular complexity index is 580. The molecule has 1 unspecified atom stereocenters. The standard InChI is InChI=1S/C13H14F3N3O/c1-2-10(17)7-8-4-3-5-9(6-8)11-18-12(20-19-11)13(14,15)16/h3-6,10H,2,7,17H2,1H3. The Kier molecular flexibility index (Phi) is 4.08. The highest BCUT2D eigenvalue weighted by molar-refractivity contribution is 5.55. The summed E-state index contributed by atoms with van der Waals surface area (Å²) in [5, 5.41) is 3.36. The molecule has 0 bridgehead atoms. The third-order valence-corrected chi connectivity index (χ3v) is 2.88. The average molecular weight is 285 g/mol. The van der Waals surface area contributed by atoms with E-state index in [2.05, 4.69) is 14.7 Å². The highest BCUT2D eigenvalue weighted by Crippen LogP contribution is 2.29. The molecule has 0 radical (unpaired) electrons. The van der Waals surface area contributed by atoms with Crippen LogP contribution in [-0.4, -0.2) is 16.2 Å². The first-order valence-electron chi connectivity index (χ1n) is 6.16. The van der Waals surface area contributed by atoms with Gasteiger partial charge < -0.3 is 10.3 Å². The van der Waals surface area contributed by atoms with Crippen molar-refractivity contribution in [2.24, 2.45) is 5.73 Å². The van der Waals surface area contributed by atoms with Crippen molar-refractivity contribution in [1.82, 2.24) is 10.1 Å². The minimum atomic E-state index is -4.63. The molecule has 0 aliphatic heterocycles. The number of halogens is 3. The molecule has 7 heteroatoms. The van der Waals surface area contributed by atoms with Crippen LogP contribution in [0, 0.1) is 0 Å². The Morgan fingerprint density at radius 3 is 2.70 bits per heavy atom. The van der Waals surface area contributed by atoms with Crippen LogP contribution in [0.1, 0.15) is 24.8 Å². The molecule has 0 saturated carbocycles. The van der Waals surface area contributed by atoms with Crippen LogP contribution in [0.2, 0.25) is 0 Å². The van der Waals surface area contributed by atoms with Crippen molar-refractivity contribution < 1.29 is 17.7 Å². The minimum absolute atomic E-state index is 0.0151. The molecule has 2 N–H and O–H groups in total. The molecule has 4 nitrogen and oxygen atoms in total. The minimum Gasteiger partial charge on any atom is -0.329 e. The van der Waals surface area contributed by atoms with Crippen molar-refractivity contribution in [2.75, 3.05) is 0 Å². The first kappa shape index (κ1) is 14.5. The maximum atomic E-state index is 12.4. The fourth-order valence-corrected chi connectivity index (χ4v) is 1.74. The van der Waals surface area contributed by atoms with Crippen LogP contribution in [-0.2, 0) is 12.6 Å². The summed E-state index contributed by atoms with van der Waals surface area (Å²) < 4.78 is 41.4. The van der Waals surface area contributed by atoms with Gasteiger partial charge in [-0.2, -0.15) is 18.2 Å². The molecule has 1 heterocycles. The second-order valence-electron chi connectivity index (χ2n) is 4.49. The lowest BCUT2D eigenvalue weighted by atomic mass is 10.0. The second-order valence-corrected chi connectivity index (χ2v) is 4.49. The van der Waals surface area contributed by atoms with E-state index in [-0.39, 0.29) is 11.9 Å². The van der Waals surface area contributed by atoms with Gasteiger partial charge in [0.2, 0.25) is 5.82 Å². The lowest BCUT2D eigenvalue weighted by Gasteiger charge is -2.08. The smallest absolute Gasteiger partial charge is 0.329 e. The zero-order valence-electron chi connectivity index (χ0n) is 10.8. The Balaban J connectivity index is 2.25. The number of aromatic nitrogens is 2. The van der Waals surface area contributed by atoms with E-state index in [0.717, 1.165) is 12.0 Å². The van der Waals surface area contributed by atoms with Gasteiger partial charge in [-0.1, -0.05) is 30.3 Å². The summed E-state index contributed by atoms with van der Waals surface area (Å²) in [7, 11) is 0. The highest BCUT2D eigenvalue weighted by atomic mass is 19.4. The first-order chi connectivity index (χ1) is 9.40. The van der Waals surface area contributed by atoms with Crippen molar-refractivity contribution >= 4 is 0 Å². The zero-order valence-corrected chi connectivity index (χ0v) is 10.8. The summed E-state index contributed by atoms with van der Waals surface area (Å²) >= 11 is 0. The summed E-state index contributed by atoms with van der Waals surface area (Å²) in [6.45, 7) is 1.98. The number of alkyl halides is 3. The molecule has 0 aliphatic rings. The fourth-order valence-electron chi connectivity index (χ4n) is 1.74. The fraction of sp³-hybridized carbons (Fsp3) is 0.385. The summed E-state index contributed by atoms with van der Waals surface area (Å²) in [4.78, 5) is 3.36. The Labute approximate surface area is 113 Å². The van der Waals surface area contributed by atoms with Crippen LogP contribution in [0.15, 0.2) is 28.8 Å². The number of hydrogen-bond donors (Lipinski definition) is 1. The van der Waals surface area contributed by atoms with E-state index in [1.165, 1.54) is 0 Å². The molecule has 108 valence electrons. The van der Waals surface area contributed by atoms with E-state index in [4.69, 9.17) is 5.73 Å². The predicted octanol–water partition coefficient (Wildman–Crippen LogP) is 3.04. The molecule has 2 rings (SSSR count). The first-order valence-corrected chi connectivity index (χ1v) is 6.16. The third-order valence-electron chi connectivity index (χ3n) is 2.88. The normalized spacial score (nSPS) is 13.4. The third kappa shape index (κ3) is 3.36. The molecule has 0 spiro atoms. The van der Waals surface area contributed by atoms with Gasteiger partial charge in [-0.05, 0) is 24.5 Å². The molecule has 0 saturated heterocycles. The predicted molar refractivity (Wildman–Crippen MR) is 66.7 cm³/mol. The van der Waals surface area contributed by atoms with Gasteiger partial charge in [0, 0.05) is 11.6 Å². The quantitative estimate of drug-likeness (QED) is 0.937. The number of nitrogens with two attached hydrogens (primary N) is 1. The monoisotopic (exact) mass is 285 g/mol. The molecule has 0 aliphatic carbocycles. The molecule has 1 aromatic heterocycles. The van der Waals surface area contributed by atoms with Gasteiger partial charge in [0.25, 0.3) is 0 Å². The van der Waals surface area contributed by atoms with Crippen LogP contribution < -0.4 is 5.73 Å². The van der Waals surface area contributed by atoms with Crippen LogP contribution in [0.3, 0.4) is 0 Å². The van der Waals surface area contributed by atoms with E-state index in [1.807, 2.05) is 13.0 Å². The molecule has 1 aromatic carbocycles. The molecule has 0 fully saturated rings. The van der Waals surface area contributed by atoms with Crippen molar-refractivity contribution in [3.8, 4) is 11.4 Å². The second kappa shape index (κ2) is 5.62. The van der Waals surface area contributed by atoms with Gasteiger partial charge in [0.15, 0.2) is 0 Å². The summed E-state index contributed by atoms with van der Waals surface area (Å²) in [6, 6.07) is 6.97. The number of hydrogen-bond acceptors (Lipinski definition) is 4. The maximum absolute atomic E-state index is 12.4. The van der Waals surface area contributed by atoms with Crippen LogP contribution >= 0.6 is 0 Å². The van der Waals surface area contributed by atoms with Crippen molar-refractivity contribution in [2.45, 2.75) is 32.0 Å². The number of benzene rings is 1. The van der Waals surface area contributed by atoms with Crippen molar-refractivity contribution in [3.05, 3.63) is 35.7 Å². The molecular formula is C13H14F3N3O. The summed E-state index contributed by atoms with van der Waals surface area (Å²) in [5.41, 5.74) is 7.26. The van der Waals surface area contributed by atoms with Gasteiger partial charge in [0.05, 0.1) is 0 Å². The lowest BCUT2D eigenvalue weighted by Crippen LogP contribution is -2.21. The molecule has 20 heavy (non-hydrogen) atoms. The Morgan fingerprint density at radius 2 is 2.10 bits per heavy atom. The summed E-state index contributed by atoms with van der Waals surface area (Å²) in [6.07, 6.45) is -3.16. The Hall–Kier alpha value is -1.89. The molecular weight excluding hydrogens is 271 g/mol. The highest BCUT2D eigenvalue weighted by Gasteiger charge is 2.38. The van der Waals surface area contributed by atoms with Crippen LogP contribution in [0.25, 0.3) is 11.4 Å². The van der Waals surface area contributed by atoms with Gasteiger partial charge in [-0.15, -0.1) is 0 Å². The summed E-state index contributed by atoms with van der Waals surface area (Å²) in [5.74, 6) is -1.42. The van der Waals surface area contributed by atoms with E-state index in [0.29, 0.717) is 12.0 Å². The van der Waals surface area contributed by atoms with E-state index >= 15 is 0 Å². The van der Waals surface area contributed by atoms with Gasteiger partial charge in [0.1, 0.15) is 0 Å². The van der Waals surface area contributed by atoms with E-state index in [1.54, 1.807) is 18.2 Å². The number of rotatable bonds is 4. The largest absolute Gasteiger partial charge is 0.471 e. The van der Waals surface area contributed by atoms with Gasteiger partial charge in [-0.25, -0.2) is 0 Å². The molecule has 0 amide bonds. The molecule has 2 aromatic rings. The number of nitrogens with zero attached hydrogens (tertiary/aromatic N) is 2. The van der Waals surface area contributed by atoms with Gasteiger partial charge >= 0.3 is 12.1 Å². The van der Waals surface area contributed by atoms with Crippen LogP contribution in [0.5, 0.6) is 0 Å². The molecule has 1 atom stereocenters. The van der Waals surface area contributed by atoms with Gasteiger partial charge in [-0.3, -0.25) is 0 Å². The SMILES string of the molecule is CCC(N)Cc1cccc(-c2noc(C(F)(F)F)n2)c1. The van der Waals surface area contributed by atoms with E-state index < -0.39 is 12.1 Å². The Morgan fingerprint density at radius 1 is 1.35 bits per heavy atom. The average Bonchev–Trinajstić information content (AvgIpc) is 2.88. The topological polar surface area (TPSA) is 64.9 Å². The van der Waals surface area contributed by atoms with Crippen molar-refractivity contribution in [3.63, 3.8) is 0 Å². The van der Waals surface area contributed by atoms with Crippen molar-refractivity contribution in [1.29, 1.82) is 0 Å². The zero-order chi connectivity index (χ0) is 14.8.